The average Bonchev–Trinajstić information content (AvgIpc) is 2.06. The zero-order valence-electron chi connectivity index (χ0n) is 8.82. The molecule has 1 aromatic rings. The SMILES string of the molecule is COc1cc(C)c(C(C)(F)F)cc1C. The molecule has 0 spiro atoms. The average molecular weight is 200 g/mol. The van der Waals surface area contributed by atoms with Gasteiger partial charge in [-0.2, -0.15) is 0 Å². The van der Waals surface area contributed by atoms with Gasteiger partial charge in [0.15, 0.2) is 0 Å². The van der Waals surface area contributed by atoms with Crippen LogP contribution in [0, 0.1) is 13.8 Å². The molecule has 1 rings (SSSR count). The minimum Gasteiger partial charge on any atom is -0.496 e. The fraction of sp³-hybridized carbons (Fsp3) is 0.455. The zero-order valence-corrected chi connectivity index (χ0v) is 8.82. The van der Waals surface area contributed by atoms with Gasteiger partial charge in [-0.05, 0) is 37.1 Å². The van der Waals surface area contributed by atoms with Crippen molar-refractivity contribution < 1.29 is 13.5 Å². The molecule has 0 aliphatic rings. The standard InChI is InChI=1S/C11H14F2O/c1-7-6-10(14-4)8(2)5-9(7)11(3,12)13/h5-6H,1-4H3. The van der Waals surface area contributed by atoms with Crippen molar-refractivity contribution in [2.24, 2.45) is 0 Å². The summed E-state index contributed by atoms with van der Waals surface area (Å²) in [4.78, 5) is 0. The molecule has 0 saturated heterocycles. The Morgan fingerprint density at radius 3 is 2.14 bits per heavy atom. The molecule has 0 saturated carbocycles. The summed E-state index contributed by atoms with van der Waals surface area (Å²) in [6.07, 6.45) is 0. The summed E-state index contributed by atoms with van der Waals surface area (Å²) in [5.41, 5.74) is 1.35. The van der Waals surface area contributed by atoms with E-state index >= 15 is 0 Å². The summed E-state index contributed by atoms with van der Waals surface area (Å²) < 4.78 is 31.2. The molecule has 78 valence electrons. The second-order valence-electron chi connectivity index (χ2n) is 3.53. The Labute approximate surface area is 82.7 Å². The summed E-state index contributed by atoms with van der Waals surface area (Å²) in [5, 5.41) is 0. The lowest BCUT2D eigenvalue weighted by Gasteiger charge is -2.16. The monoisotopic (exact) mass is 200 g/mol. The molecule has 0 N–H and O–H groups in total. The summed E-state index contributed by atoms with van der Waals surface area (Å²) >= 11 is 0. The van der Waals surface area contributed by atoms with Gasteiger partial charge in [-0.25, -0.2) is 8.78 Å². The predicted octanol–water partition coefficient (Wildman–Crippen LogP) is 3.42. The van der Waals surface area contributed by atoms with Gasteiger partial charge in [0.25, 0.3) is 5.92 Å². The molecular weight excluding hydrogens is 186 g/mol. The molecule has 0 aliphatic heterocycles. The largest absolute Gasteiger partial charge is 0.496 e. The van der Waals surface area contributed by atoms with Gasteiger partial charge in [0.2, 0.25) is 0 Å². The van der Waals surface area contributed by atoms with Crippen LogP contribution in [0.2, 0.25) is 0 Å². The number of hydrogen-bond donors (Lipinski definition) is 0. The highest BCUT2D eigenvalue weighted by Crippen LogP contribution is 2.33. The van der Waals surface area contributed by atoms with Crippen molar-refractivity contribution in [1.29, 1.82) is 0 Å². The van der Waals surface area contributed by atoms with E-state index < -0.39 is 5.92 Å². The van der Waals surface area contributed by atoms with Crippen molar-refractivity contribution in [2.45, 2.75) is 26.7 Å². The molecule has 14 heavy (non-hydrogen) atoms. The molecule has 1 aromatic carbocycles. The quantitative estimate of drug-likeness (QED) is 0.710. The van der Waals surface area contributed by atoms with Gasteiger partial charge in [0.1, 0.15) is 5.75 Å². The number of ether oxygens (including phenoxy) is 1. The second-order valence-corrected chi connectivity index (χ2v) is 3.53. The van der Waals surface area contributed by atoms with E-state index in [4.69, 9.17) is 4.74 Å². The van der Waals surface area contributed by atoms with Crippen molar-refractivity contribution in [1.82, 2.24) is 0 Å². The van der Waals surface area contributed by atoms with Crippen LogP contribution in [-0.2, 0) is 5.92 Å². The van der Waals surface area contributed by atoms with Crippen LogP contribution < -0.4 is 4.74 Å². The highest BCUT2D eigenvalue weighted by molar-refractivity contribution is 5.43. The molecule has 0 bridgehead atoms. The third-order valence-corrected chi connectivity index (χ3v) is 2.21. The fourth-order valence-corrected chi connectivity index (χ4v) is 1.48. The first-order chi connectivity index (χ1) is 6.36. The van der Waals surface area contributed by atoms with Crippen molar-refractivity contribution in [3.8, 4) is 5.75 Å². The highest BCUT2D eigenvalue weighted by Gasteiger charge is 2.27. The summed E-state index contributed by atoms with van der Waals surface area (Å²) in [7, 11) is 1.53. The number of methoxy groups -OCH3 is 1. The van der Waals surface area contributed by atoms with Crippen LogP contribution >= 0.6 is 0 Å². The normalized spacial score (nSPS) is 11.6. The third-order valence-electron chi connectivity index (χ3n) is 2.21. The lowest BCUT2D eigenvalue weighted by molar-refractivity contribution is 0.0167. The van der Waals surface area contributed by atoms with Crippen LogP contribution in [0.25, 0.3) is 0 Å². The number of aryl methyl sites for hydroxylation is 2. The van der Waals surface area contributed by atoms with Crippen molar-refractivity contribution in [3.63, 3.8) is 0 Å². The van der Waals surface area contributed by atoms with E-state index in [1.165, 1.54) is 13.2 Å². The Kier molecular flexibility index (Phi) is 2.79. The van der Waals surface area contributed by atoms with Gasteiger partial charge in [-0.3, -0.25) is 0 Å². The van der Waals surface area contributed by atoms with E-state index in [1.54, 1.807) is 19.9 Å². The minimum absolute atomic E-state index is 0.0656. The Balaban J connectivity index is 3.29. The number of benzene rings is 1. The lowest BCUT2D eigenvalue weighted by atomic mass is 10.0. The molecular formula is C11H14F2O. The van der Waals surface area contributed by atoms with Crippen molar-refractivity contribution >= 4 is 0 Å². The van der Waals surface area contributed by atoms with Gasteiger partial charge < -0.3 is 4.74 Å². The molecule has 0 aliphatic carbocycles. The van der Waals surface area contributed by atoms with E-state index in [0.717, 1.165) is 12.5 Å². The van der Waals surface area contributed by atoms with Crippen LogP contribution in [0.1, 0.15) is 23.6 Å². The van der Waals surface area contributed by atoms with Gasteiger partial charge in [0.05, 0.1) is 7.11 Å². The number of halogens is 2. The summed E-state index contributed by atoms with van der Waals surface area (Å²) in [6, 6.07) is 3.12. The Morgan fingerprint density at radius 1 is 1.14 bits per heavy atom. The van der Waals surface area contributed by atoms with E-state index in [-0.39, 0.29) is 5.56 Å². The first-order valence-corrected chi connectivity index (χ1v) is 4.40. The van der Waals surface area contributed by atoms with E-state index in [1.807, 2.05) is 0 Å². The van der Waals surface area contributed by atoms with E-state index in [9.17, 15) is 8.78 Å². The number of alkyl halides is 2. The maximum atomic E-state index is 13.1. The smallest absolute Gasteiger partial charge is 0.270 e. The van der Waals surface area contributed by atoms with Gasteiger partial charge in [-0.15, -0.1) is 0 Å². The van der Waals surface area contributed by atoms with E-state index in [2.05, 4.69) is 0 Å². The van der Waals surface area contributed by atoms with Gasteiger partial charge in [0, 0.05) is 12.5 Å². The molecule has 0 fully saturated rings. The maximum absolute atomic E-state index is 13.1. The Bertz CT molecular complexity index is 340. The lowest BCUT2D eigenvalue weighted by Crippen LogP contribution is -2.10. The minimum atomic E-state index is -2.79. The van der Waals surface area contributed by atoms with Gasteiger partial charge in [-0.1, -0.05) is 0 Å². The first kappa shape index (κ1) is 11.0. The van der Waals surface area contributed by atoms with Crippen LogP contribution in [0.3, 0.4) is 0 Å². The van der Waals surface area contributed by atoms with Crippen LogP contribution in [0.15, 0.2) is 12.1 Å². The second kappa shape index (κ2) is 3.56. The van der Waals surface area contributed by atoms with Gasteiger partial charge >= 0.3 is 0 Å². The molecule has 0 radical (unpaired) electrons. The first-order valence-electron chi connectivity index (χ1n) is 4.40. The molecule has 3 heteroatoms. The number of hydrogen-bond acceptors (Lipinski definition) is 1. The van der Waals surface area contributed by atoms with Crippen LogP contribution in [-0.4, -0.2) is 7.11 Å². The zero-order chi connectivity index (χ0) is 10.9. The molecule has 0 aromatic heterocycles. The maximum Gasteiger partial charge on any atom is 0.270 e. The molecule has 0 heterocycles. The van der Waals surface area contributed by atoms with Crippen molar-refractivity contribution in [2.75, 3.05) is 7.11 Å². The molecule has 0 unspecified atom stereocenters. The third kappa shape index (κ3) is 2.03. The molecule has 0 amide bonds. The highest BCUT2D eigenvalue weighted by atomic mass is 19.3. The topological polar surface area (TPSA) is 9.23 Å². The summed E-state index contributed by atoms with van der Waals surface area (Å²) in [6.45, 7) is 4.32. The molecule has 0 atom stereocenters. The molecule has 1 nitrogen and oxygen atoms in total. The van der Waals surface area contributed by atoms with E-state index in [0.29, 0.717) is 11.3 Å². The number of rotatable bonds is 2. The Morgan fingerprint density at radius 2 is 1.71 bits per heavy atom. The van der Waals surface area contributed by atoms with Crippen molar-refractivity contribution in [3.05, 3.63) is 28.8 Å². The predicted molar refractivity (Wildman–Crippen MR) is 52.0 cm³/mol. The van der Waals surface area contributed by atoms with Crippen LogP contribution in [0.5, 0.6) is 5.75 Å². The fourth-order valence-electron chi connectivity index (χ4n) is 1.48. The summed E-state index contributed by atoms with van der Waals surface area (Å²) in [5.74, 6) is -2.14. The Hall–Kier alpha value is -1.12. The van der Waals surface area contributed by atoms with Crippen LogP contribution in [0.4, 0.5) is 8.78 Å².